The topological polar surface area (TPSA) is 146 Å². The molecule has 100 valence electrons. The molecule has 2 heterocycles. The van der Waals surface area contributed by atoms with E-state index in [4.69, 9.17) is 10.3 Å². The lowest BCUT2D eigenvalue weighted by molar-refractivity contribution is -0.383. The van der Waals surface area contributed by atoms with Gasteiger partial charge in [-0.3, -0.25) is 10.1 Å². The summed E-state index contributed by atoms with van der Waals surface area (Å²) in [5.74, 6) is 0.859. The Morgan fingerprint density at radius 3 is 2.95 bits per heavy atom. The number of rotatable bonds is 5. The Hall–Kier alpha value is -2.78. The second-order valence-corrected chi connectivity index (χ2v) is 3.62. The van der Waals surface area contributed by atoms with Gasteiger partial charge in [-0.1, -0.05) is 5.16 Å². The van der Waals surface area contributed by atoms with E-state index in [-0.39, 0.29) is 17.3 Å². The SMILES string of the molecule is Cc1nc(CCNc2ncnc(N)c2[N+](=O)[O-])no1. The summed E-state index contributed by atoms with van der Waals surface area (Å²) in [5, 5.41) is 17.3. The van der Waals surface area contributed by atoms with Crippen molar-refractivity contribution < 1.29 is 9.45 Å². The smallest absolute Gasteiger partial charge is 0.352 e. The number of nitrogens with zero attached hydrogens (tertiary/aromatic N) is 5. The molecule has 0 unspecified atom stereocenters. The van der Waals surface area contributed by atoms with E-state index in [9.17, 15) is 10.1 Å². The third-order valence-electron chi connectivity index (χ3n) is 2.24. The van der Waals surface area contributed by atoms with Gasteiger partial charge in [-0.25, -0.2) is 9.97 Å². The Kier molecular flexibility index (Phi) is 3.50. The van der Waals surface area contributed by atoms with Crippen LogP contribution >= 0.6 is 0 Å². The molecule has 2 aromatic rings. The maximum atomic E-state index is 10.8. The van der Waals surface area contributed by atoms with Gasteiger partial charge in [-0.05, 0) is 0 Å². The highest BCUT2D eigenvalue weighted by molar-refractivity contribution is 5.67. The average Bonchev–Trinajstić information content (AvgIpc) is 2.74. The summed E-state index contributed by atoms with van der Waals surface area (Å²) in [6, 6.07) is 0. The first-order valence-electron chi connectivity index (χ1n) is 5.36. The number of nitrogens with two attached hydrogens (primary N) is 1. The summed E-state index contributed by atoms with van der Waals surface area (Å²) in [4.78, 5) is 21.6. The van der Waals surface area contributed by atoms with Crippen LogP contribution in [-0.4, -0.2) is 31.6 Å². The van der Waals surface area contributed by atoms with Crippen LogP contribution in [0.2, 0.25) is 0 Å². The van der Waals surface area contributed by atoms with Gasteiger partial charge in [0.25, 0.3) is 0 Å². The Morgan fingerprint density at radius 2 is 2.32 bits per heavy atom. The monoisotopic (exact) mass is 265 g/mol. The van der Waals surface area contributed by atoms with Gasteiger partial charge >= 0.3 is 5.69 Å². The van der Waals surface area contributed by atoms with Crippen molar-refractivity contribution >= 4 is 17.3 Å². The average molecular weight is 265 g/mol. The second-order valence-electron chi connectivity index (χ2n) is 3.62. The van der Waals surface area contributed by atoms with Crippen LogP contribution in [0.1, 0.15) is 11.7 Å². The predicted molar refractivity (Wildman–Crippen MR) is 64.3 cm³/mol. The molecule has 0 spiro atoms. The lowest BCUT2D eigenvalue weighted by atomic mass is 10.3. The molecular weight excluding hydrogens is 254 g/mol. The van der Waals surface area contributed by atoms with Crippen molar-refractivity contribution in [3.63, 3.8) is 0 Å². The Balaban J connectivity index is 2.03. The Morgan fingerprint density at radius 1 is 1.53 bits per heavy atom. The third kappa shape index (κ3) is 2.91. The number of hydrogen-bond donors (Lipinski definition) is 2. The standard InChI is InChI=1S/C9H11N7O3/c1-5-14-6(15-19-5)2-3-11-9-7(16(17)18)8(10)12-4-13-9/h4H,2-3H2,1H3,(H3,10,11,12,13). The first-order valence-corrected chi connectivity index (χ1v) is 5.36. The zero-order valence-corrected chi connectivity index (χ0v) is 10.0. The van der Waals surface area contributed by atoms with E-state index in [0.29, 0.717) is 24.7 Å². The molecule has 0 aliphatic carbocycles. The molecule has 0 fully saturated rings. The molecule has 0 bridgehead atoms. The van der Waals surface area contributed by atoms with Crippen LogP contribution in [0.5, 0.6) is 0 Å². The second kappa shape index (κ2) is 5.25. The van der Waals surface area contributed by atoms with Crippen molar-refractivity contribution in [1.29, 1.82) is 0 Å². The molecule has 2 rings (SSSR count). The summed E-state index contributed by atoms with van der Waals surface area (Å²) in [7, 11) is 0. The van der Waals surface area contributed by atoms with Gasteiger partial charge < -0.3 is 15.6 Å². The maximum Gasteiger partial charge on any atom is 0.352 e. The van der Waals surface area contributed by atoms with Gasteiger partial charge in [0, 0.05) is 19.9 Å². The predicted octanol–water partition coefficient (Wildman–Crippen LogP) is 0.313. The molecule has 2 aromatic heterocycles. The molecule has 3 N–H and O–H groups in total. The zero-order chi connectivity index (χ0) is 13.8. The molecule has 0 amide bonds. The summed E-state index contributed by atoms with van der Waals surface area (Å²) in [6.45, 7) is 2.04. The highest BCUT2D eigenvalue weighted by Crippen LogP contribution is 2.25. The number of anilines is 2. The third-order valence-corrected chi connectivity index (χ3v) is 2.24. The van der Waals surface area contributed by atoms with Crippen molar-refractivity contribution in [2.24, 2.45) is 0 Å². The van der Waals surface area contributed by atoms with Crippen molar-refractivity contribution in [2.75, 3.05) is 17.6 Å². The molecule has 0 aromatic carbocycles. The fourth-order valence-electron chi connectivity index (χ4n) is 1.44. The molecular formula is C9H11N7O3. The Bertz CT molecular complexity index is 597. The van der Waals surface area contributed by atoms with Gasteiger partial charge in [0.05, 0.1) is 4.92 Å². The van der Waals surface area contributed by atoms with Gasteiger partial charge in [-0.15, -0.1) is 0 Å². The zero-order valence-electron chi connectivity index (χ0n) is 10.0. The fourth-order valence-corrected chi connectivity index (χ4v) is 1.44. The molecule has 0 saturated carbocycles. The summed E-state index contributed by atoms with van der Waals surface area (Å²) >= 11 is 0. The lowest BCUT2D eigenvalue weighted by Crippen LogP contribution is -2.11. The van der Waals surface area contributed by atoms with Crippen LogP contribution in [-0.2, 0) is 6.42 Å². The van der Waals surface area contributed by atoms with Crippen molar-refractivity contribution in [3.8, 4) is 0 Å². The van der Waals surface area contributed by atoms with Crippen LogP contribution in [0, 0.1) is 17.0 Å². The molecule has 10 heteroatoms. The highest BCUT2D eigenvalue weighted by atomic mass is 16.6. The van der Waals surface area contributed by atoms with E-state index in [1.54, 1.807) is 6.92 Å². The van der Waals surface area contributed by atoms with Gasteiger partial charge in [0.15, 0.2) is 5.82 Å². The summed E-state index contributed by atoms with van der Waals surface area (Å²) in [6.07, 6.45) is 1.60. The van der Waals surface area contributed by atoms with Gasteiger partial charge in [0.1, 0.15) is 6.33 Å². The number of nitrogens with one attached hydrogen (secondary N) is 1. The molecule has 0 atom stereocenters. The van der Waals surface area contributed by atoms with Crippen LogP contribution in [0.15, 0.2) is 10.9 Å². The largest absolute Gasteiger partial charge is 0.378 e. The normalized spacial score (nSPS) is 10.4. The lowest BCUT2D eigenvalue weighted by Gasteiger charge is -2.05. The van der Waals surface area contributed by atoms with E-state index in [1.807, 2.05) is 0 Å². The molecule has 0 aliphatic heterocycles. The van der Waals surface area contributed by atoms with Gasteiger partial charge in [-0.2, -0.15) is 4.98 Å². The fraction of sp³-hybridized carbons (Fsp3) is 0.333. The van der Waals surface area contributed by atoms with Crippen LogP contribution in [0.25, 0.3) is 0 Å². The van der Waals surface area contributed by atoms with Crippen LogP contribution in [0.4, 0.5) is 17.3 Å². The van der Waals surface area contributed by atoms with Crippen molar-refractivity contribution in [1.82, 2.24) is 20.1 Å². The molecule has 19 heavy (non-hydrogen) atoms. The summed E-state index contributed by atoms with van der Waals surface area (Å²) < 4.78 is 4.81. The molecule has 10 nitrogen and oxygen atoms in total. The minimum atomic E-state index is -0.629. The number of aromatic nitrogens is 4. The number of aryl methyl sites for hydroxylation is 1. The van der Waals surface area contributed by atoms with Crippen molar-refractivity contribution in [2.45, 2.75) is 13.3 Å². The van der Waals surface area contributed by atoms with E-state index >= 15 is 0 Å². The summed E-state index contributed by atoms with van der Waals surface area (Å²) in [5.41, 5.74) is 5.10. The molecule has 0 aliphatic rings. The first-order chi connectivity index (χ1) is 9.08. The quantitative estimate of drug-likeness (QED) is 0.575. The van der Waals surface area contributed by atoms with E-state index in [1.165, 1.54) is 0 Å². The van der Waals surface area contributed by atoms with E-state index < -0.39 is 4.92 Å². The van der Waals surface area contributed by atoms with Crippen molar-refractivity contribution in [3.05, 3.63) is 28.2 Å². The minimum Gasteiger partial charge on any atom is -0.378 e. The number of nitrogen functional groups attached to an aromatic ring is 1. The minimum absolute atomic E-state index is 0.0673. The Labute approximate surface area is 107 Å². The highest BCUT2D eigenvalue weighted by Gasteiger charge is 2.20. The molecule has 0 saturated heterocycles. The van der Waals surface area contributed by atoms with E-state index in [2.05, 4.69) is 25.4 Å². The number of nitro groups is 1. The maximum absolute atomic E-state index is 10.8. The van der Waals surface area contributed by atoms with E-state index in [0.717, 1.165) is 6.33 Å². The molecule has 0 radical (unpaired) electrons. The van der Waals surface area contributed by atoms with Gasteiger partial charge in [0.2, 0.25) is 17.5 Å². The number of hydrogen-bond acceptors (Lipinski definition) is 9. The van der Waals surface area contributed by atoms with Crippen LogP contribution in [0.3, 0.4) is 0 Å². The van der Waals surface area contributed by atoms with Crippen LogP contribution < -0.4 is 11.1 Å². The first kappa shape index (κ1) is 12.7.